The zero-order valence-corrected chi connectivity index (χ0v) is 10.7. The largest absolute Gasteiger partial charge is 0.322 e. The van der Waals surface area contributed by atoms with E-state index in [9.17, 15) is 8.78 Å². The van der Waals surface area contributed by atoms with Crippen LogP contribution in [0.2, 0.25) is 0 Å². The van der Waals surface area contributed by atoms with Crippen LogP contribution in [-0.2, 0) is 0 Å². The maximum absolute atomic E-state index is 14.0. The molecule has 20 heavy (non-hydrogen) atoms. The van der Waals surface area contributed by atoms with E-state index in [0.29, 0.717) is 17.0 Å². The summed E-state index contributed by atoms with van der Waals surface area (Å²) in [6.45, 7) is 1.70. The van der Waals surface area contributed by atoms with Gasteiger partial charge in [0.1, 0.15) is 28.7 Å². The van der Waals surface area contributed by atoms with Crippen LogP contribution in [0.5, 0.6) is 0 Å². The second-order valence-electron chi connectivity index (χ2n) is 4.51. The van der Waals surface area contributed by atoms with Gasteiger partial charge < -0.3 is 5.73 Å². The Bertz CT molecular complexity index is 760. The van der Waals surface area contributed by atoms with Crippen molar-refractivity contribution in [2.45, 2.75) is 13.0 Å². The van der Waals surface area contributed by atoms with E-state index >= 15 is 0 Å². The summed E-state index contributed by atoms with van der Waals surface area (Å²) < 4.78 is 29.4. The minimum atomic E-state index is -0.683. The SMILES string of the molecule is CC(N)c1nc2cccnc2n1-c1c(F)cccc1F. The molecule has 1 atom stereocenters. The van der Waals surface area contributed by atoms with Gasteiger partial charge in [0.25, 0.3) is 0 Å². The highest BCUT2D eigenvalue weighted by Crippen LogP contribution is 2.26. The maximum Gasteiger partial charge on any atom is 0.164 e. The lowest BCUT2D eigenvalue weighted by molar-refractivity contribution is 0.563. The Kier molecular flexibility index (Phi) is 2.94. The maximum atomic E-state index is 14.0. The first-order valence-electron chi connectivity index (χ1n) is 6.13. The van der Waals surface area contributed by atoms with Crippen molar-refractivity contribution in [3.63, 3.8) is 0 Å². The number of fused-ring (bicyclic) bond motifs is 1. The number of para-hydroxylation sites is 1. The molecule has 0 radical (unpaired) electrons. The Morgan fingerprint density at radius 2 is 1.85 bits per heavy atom. The third kappa shape index (κ3) is 1.85. The number of aromatic nitrogens is 3. The van der Waals surface area contributed by atoms with Gasteiger partial charge in [-0.1, -0.05) is 6.07 Å². The number of nitrogens with zero attached hydrogens (tertiary/aromatic N) is 3. The molecule has 2 heterocycles. The third-order valence-corrected chi connectivity index (χ3v) is 3.01. The monoisotopic (exact) mass is 274 g/mol. The molecule has 0 fully saturated rings. The van der Waals surface area contributed by atoms with Crippen LogP contribution in [0.4, 0.5) is 8.78 Å². The van der Waals surface area contributed by atoms with Gasteiger partial charge in [0.05, 0.1) is 6.04 Å². The Hall–Kier alpha value is -2.34. The van der Waals surface area contributed by atoms with Crippen molar-refractivity contribution in [2.24, 2.45) is 5.73 Å². The van der Waals surface area contributed by atoms with Crippen LogP contribution < -0.4 is 5.73 Å². The second-order valence-corrected chi connectivity index (χ2v) is 4.51. The van der Waals surface area contributed by atoms with E-state index in [1.807, 2.05) is 0 Å². The molecule has 0 spiro atoms. The third-order valence-electron chi connectivity index (χ3n) is 3.01. The normalized spacial score (nSPS) is 12.8. The van der Waals surface area contributed by atoms with Crippen molar-refractivity contribution in [3.8, 4) is 5.69 Å². The van der Waals surface area contributed by atoms with Crippen LogP contribution in [0, 0.1) is 11.6 Å². The molecule has 3 rings (SSSR count). The molecule has 0 saturated heterocycles. The highest BCUT2D eigenvalue weighted by molar-refractivity contribution is 5.74. The van der Waals surface area contributed by atoms with Crippen molar-refractivity contribution >= 4 is 11.2 Å². The van der Waals surface area contributed by atoms with E-state index in [-0.39, 0.29) is 5.69 Å². The van der Waals surface area contributed by atoms with Crippen LogP contribution in [0.15, 0.2) is 36.5 Å². The molecule has 0 aliphatic heterocycles. The molecule has 0 saturated carbocycles. The van der Waals surface area contributed by atoms with Crippen molar-refractivity contribution < 1.29 is 8.78 Å². The zero-order valence-electron chi connectivity index (χ0n) is 10.7. The highest BCUT2D eigenvalue weighted by Gasteiger charge is 2.21. The lowest BCUT2D eigenvalue weighted by Gasteiger charge is -2.12. The van der Waals surface area contributed by atoms with Gasteiger partial charge in [-0.3, -0.25) is 4.57 Å². The molecule has 0 aliphatic rings. The minimum Gasteiger partial charge on any atom is -0.322 e. The summed E-state index contributed by atoms with van der Waals surface area (Å²) in [5.74, 6) is -1.00. The fourth-order valence-electron chi connectivity index (χ4n) is 2.16. The Morgan fingerprint density at radius 1 is 1.15 bits per heavy atom. The molecule has 6 heteroatoms. The molecular weight excluding hydrogens is 262 g/mol. The molecular formula is C14H12F2N4. The molecule has 1 aromatic carbocycles. The number of halogens is 2. The smallest absolute Gasteiger partial charge is 0.164 e. The van der Waals surface area contributed by atoms with Crippen molar-refractivity contribution in [3.05, 3.63) is 54.0 Å². The van der Waals surface area contributed by atoms with Gasteiger partial charge in [-0.25, -0.2) is 18.7 Å². The van der Waals surface area contributed by atoms with Gasteiger partial charge in [0, 0.05) is 6.20 Å². The van der Waals surface area contributed by atoms with E-state index in [1.54, 1.807) is 25.3 Å². The summed E-state index contributed by atoms with van der Waals surface area (Å²) in [7, 11) is 0. The topological polar surface area (TPSA) is 56.7 Å². The first-order chi connectivity index (χ1) is 9.59. The van der Waals surface area contributed by atoms with Gasteiger partial charge in [-0.05, 0) is 31.2 Å². The standard InChI is InChI=1S/C14H12F2N4/c1-8(17)13-19-11-6-3-7-18-14(11)20(13)12-9(15)4-2-5-10(12)16/h2-8H,17H2,1H3. The lowest BCUT2D eigenvalue weighted by Crippen LogP contribution is -2.14. The van der Waals surface area contributed by atoms with Crippen molar-refractivity contribution in [1.82, 2.24) is 14.5 Å². The van der Waals surface area contributed by atoms with Gasteiger partial charge in [-0.2, -0.15) is 0 Å². The molecule has 3 aromatic rings. The predicted octanol–water partition coefficient (Wildman–Crippen LogP) is 2.72. The van der Waals surface area contributed by atoms with Crippen LogP contribution in [0.3, 0.4) is 0 Å². The van der Waals surface area contributed by atoms with Crippen LogP contribution in [0.1, 0.15) is 18.8 Å². The van der Waals surface area contributed by atoms with E-state index in [4.69, 9.17) is 5.73 Å². The molecule has 4 nitrogen and oxygen atoms in total. The first kappa shape index (κ1) is 12.7. The van der Waals surface area contributed by atoms with Crippen LogP contribution in [0.25, 0.3) is 16.9 Å². The van der Waals surface area contributed by atoms with Gasteiger partial charge in [-0.15, -0.1) is 0 Å². The molecule has 0 amide bonds. The van der Waals surface area contributed by atoms with Crippen LogP contribution >= 0.6 is 0 Å². The Morgan fingerprint density at radius 3 is 2.50 bits per heavy atom. The number of imidazole rings is 1. The molecule has 0 aliphatic carbocycles. The van der Waals surface area contributed by atoms with Crippen LogP contribution in [-0.4, -0.2) is 14.5 Å². The average molecular weight is 274 g/mol. The van der Waals surface area contributed by atoms with E-state index in [0.717, 1.165) is 0 Å². The molecule has 0 bridgehead atoms. The summed E-state index contributed by atoms with van der Waals surface area (Å²) in [5, 5.41) is 0. The molecule has 1 unspecified atom stereocenters. The number of pyridine rings is 1. The lowest BCUT2D eigenvalue weighted by atomic mass is 10.2. The summed E-state index contributed by atoms with van der Waals surface area (Å²) in [6, 6.07) is 6.65. The fourth-order valence-corrected chi connectivity index (χ4v) is 2.16. The summed E-state index contributed by atoms with van der Waals surface area (Å²) in [6.07, 6.45) is 1.55. The quantitative estimate of drug-likeness (QED) is 0.781. The summed E-state index contributed by atoms with van der Waals surface area (Å²) in [5.41, 5.74) is 6.57. The molecule has 2 aromatic heterocycles. The van der Waals surface area contributed by atoms with Gasteiger partial charge >= 0.3 is 0 Å². The number of nitrogens with two attached hydrogens (primary N) is 1. The zero-order chi connectivity index (χ0) is 14.3. The van der Waals surface area contributed by atoms with Crippen molar-refractivity contribution in [1.29, 1.82) is 0 Å². The Balaban J connectivity index is 2.43. The molecule has 2 N–H and O–H groups in total. The minimum absolute atomic E-state index is 0.207. The number of rotatable bonds is 2. The van der Waals surface area contributed by atoms with Crippen molar-refractivity contribution in [2.75, 3.05) is 0 Å². The van der Waals surface area contributed by atoms with E-state index in [1.165, 1.54) is 22.8 Å². The average Bonchev–Trinajstić information content (AvgIpc) is 2.78. The number of hydrogen-bond donors (Lipinski definition) is 1. The first-order valence-corrected chi connectivity index (χ1v) is 6.13. The van der Waals surface area contributed by atoms with E-state index < -0.39 is 17.7 Å². The highest BCUT2D eigenvalue weighted by atomic mass is 19.1. The van der Waals surface area contributed by atoms with Gasteiger partial charge in [0.2, 0.25) is 0 Å². The molecule has 102 valence electrons. The number of hydrogen-bond acceptors (Lipinski definition) is 3. The summed E-state index contributed by atoms with van der Waals surface area (Å²) in [4.78, 5) is 8.47. The predicted molar refractivity (Wildman–Crippen MR) is 71.4 cm³/mol. The second kappa shape index (κ2) is 4.64. The summed E-state index contributed by atoms with van der Waals surface area (Å²) >= 11 is 0. The number of benzene rings is 1. The van der Waals surface area contributed by atoms with Gasteiger partial charge in [0.15, 0.2) is 5.65 Å². The fraction of sp³-hybridized carbons (Fsp3) is 0.143. The Labute approximate surface area is 113 Å². The van der Waals surface area contributed by atoms with E-state index in [2.05, 4.69) is 9.97 Å².